The van der Waals surface area contributed by atoms with Crippen LogP contribution >= 0.6 is 0 Å². The van der Waals surface area contributed by atoms with Gasteiger partial charge in [0, 0.05) is 36.6 Å². The molecule has 7 nitrogen and oxygen atoms in total. The van der Waals surface area contributed by atoms with Gasteiger partial charge in [-0.3, -0.25) is 19.2 Å². The fourth-order valence-electron chi connectivity index (χ4n) is 14.3. The van der Waals surface area contributed by atoms with E-state index in [2.05, 4.69) is 45.3 Å². The summed E-state index contributed by atoms with van der Waals surface area (Å²) >= 11 is 0. The molecule has 0 aromatic heterocycles. The Morgan fingerprint density at radius 1 is 0.880 bits per heavy atom. The zero-order chi connectivity index (χ0) is 35.7. The number of aliphatic carboxylic acids is 1. The number of hydrogen-bond donors (Lipinski definition) is 3. The van der Waals surface area contributed by atoms with Crippen molar-refractivity contribution >= 4 is 23.4 Å². The van der Waals surface area contributed by atoms with E-state index in [1.807, 2.05) is 6.92 Å². The number of carbonyl (C=O) groups excluding carboxylic acids is 3. The topological polar surface area (TPSA) is 113 Å². The van der Waals surface area contributed by atoms with Gasteiger partial charge in [-0.05, 0) is 154 Å². The zero-order valence-electron chi connectivity index (χ0n) is 32.0. The highest BCUT2D eigenvalue weighted by Gasteiger charge is 2.64. The molecule has 7 rings (SSSR count). The van der Waals surface area contributed by atoms with Gasteiger partial charge in [0.2, 0.25) is 5.91 Å². The number of fused-ring (bicyclic) bond motifs is 7. The summed E-state index contributed by atoms with van der Waals surface area (Å²) < 4.78 is 0. The molecule has 1 saturated heterocycles. The van der Waals surface area contributed by atoms with Gasteiger partial charge in [0.15, 0.2) is 5.78 Å². The highest BCUT2D eigenvalue weighted by Crippen LogP contribution is 2.72. The Morgan fingerprint density at radius 3 is 2.24 bits per heavy atom. The molecule has 50 heavy (non-hydrogen) atoms. The van der Waals surface area contributed by atoms with Crippen LogP contribution in [0.4, 0.5) is 0 Å². The summed E-state index contributed by atoms with van der Waals surface area (Å²) in [5.41, 5.74) is 3.08. The first kappa shape index (κ1) is 36.3. The third-order valence-electron chi connectivity index (χ3n) is 17.1. The Kier molecular flexibility index (Phi) is 9.77. The summed E-state index contributed by atoms with van der Waals surface area (Å²) in [5, 5.41) is 16.2. The van der Waals surface area contributed by atoms with E-state index in [0.29, 0.717) is 72.9 Å². The fourth-order valence-corrected chi connectivity index (χ4v) is 14.3. The van der Waals surface area contributed by atoms with Gasteiger partial charge in [0.25, 0.3) is 0 Å². The molecule has 6 aliphatic carbocycles. The molecule has 0 aromatic carbocycles. The van der Waals surface area contributed by atoms with Gasteiger partial charge in [-0.25, -0.2) is 0 Å². The summed E-state index contributed by atoms with van der Waals surface area (Å²) in [5.74, 6) is 3.29. The van der Waals surface area contributed by atoms with E-state index < -0.39 is 5.97 Å². The maximum Gasteiger partial charge on any atom is 0.306 e. The van der Waals surface area contributed by atoms with Gasteiger partial charge in [0.1, 0.15) is 5.78 Å². The maximum atomic E-state index is 13.9. The Balaban J connectivity index is 1.06. The second-order valence-electron chi connectivity index (χ2n) is 19.4. The van der Waals surface area contributed by atoms with Gasteiger partial charge >= 0.3 is 5.97 Å². The van der Waals surface area contributed by atoms with E-state index in [-0.39, 0.29) is 51.7 Å². The number of nitrogens with one attached hydrogen (secondary N) is 2. The van der Waals surface area contributed by atoms with Gasteiger partial charge in [-0.2, -0.15) is 0 Å². The molecule has 7 heteroatoms. The minimum atomic E-state index is -0.750. The number of carbonyl (C=O) groups is 4. The summed E-state index contributed by atoms with van der Waals surface area (Å²) in [6, 6.07) is 0. The Hall–Kier alpha value is -2.02. The van der Waals surface area contributed by atoms with Gasteiger partial charge in [-0.15, -0.1) is 0 Å². The quantitative estimate of drug-likeness (QED) is 0.230. The molecule has 3 N–H and O–H groups in total. The number of allylic oxidation sites excluding steroid dienone is 2. The van der Waals surface area contributed by atoms with Crippen molar-refractivity contribution in [1.29, 1.82) is 0 Å². The first-order valence-corrected chi connectivity index (χ1v) is 20.7. The third-order valence-corrected chi connectivity index (χ3v) is 17.1. The van der Waals surface area contributed by atoms with E-state index in [4.69, 9.17) is 0 Å². The number of amides is 1. The number of carboxylic acids is 1. The molecule has 6 fully saturated rings. The van der Waals surface area contributed by atoms with Crippen LogP contribution in [0.15, 0.2) is 11.1 Å². The molecule has 12 unspecified atom stereocenters. The highest BCUT2D eigenvalue weighted by atomic mass is 16.4. The average molecular weight is 691 g/mol. The summed E-state index contributed by atoms with van der Waals surface area (Å²) in [6.07, 6.45) is 13.9. The van der Waals surface area contributed by atoms with Crippen LogP contribution in [0.25, 0.3) is 0 Å². The Bertz CT molecular complexity index is 1410. The van der Waals surface area contributed by atoms with Gasteiger partial charge in [0.05, 0.1) is 5.92 Å². The summed E-state index contributed by atoms with van der Waals surface area (Å²) in [6.45, 7) is 16.6. The van der Waals surface area contributed by atoms with Crippen molar-refractivity contribution in [1.82, 2.24) is 10.6 Å². The number of Topliss-reactive ketones (excluding diaryl/α,β-unsaturated/α-hetero) is 2. The maximum absolute atomic E-state index is 13.9. The molecule has 0 spiro atoms. The summed E-state index contributed by atoms with van der Waals surface area (Å²) in [7, 11) is 0. The van der Waals surface area contributed by atoms with Crippen LogP contribution in [0, 0.1) is 81.3 Å². The van der Waals surface area contributed by atoms with E-state index in [9.17, 15) is 24.3 Å². The first-order chi connectivity index (χ1) is 23.7. The summed E-state index contributed by atoms with van der Waals surface area (Å²) in [4.78, 5) is 51.9. The van der Waals surface area contributed by atoms with Crippen molar-refractivity contribution in [3.05, 3.63) is 11.1 Å². The minimum absolute atomic E-state index is 0.0384. The molecule has 0 aromatic rings. The molecular formula is C43H66N2O5. The number of hydrogen-bond acceptors (Lipinski definition) is 5. The fraction of sp³-hybridized carbons (Fsp3) is 0.860. The largest absolute Gasteiger partial charge is 0.481 e. The first-order valence-electron chi connectivity index (χ1n) is 20.7. The monoisotopic (exact) mass is 690 g/mol. The van der Waals surface area contributed by atoms with Crippen molar-refractivity contribution in [2.24, 2.45) is 81.3 Å². The van der Waals surface area contributed by atoms with Crippen LogP contribution < -0.4 is 10.6 Å². The lowest BCUT2D eigenvalue weighted by molar-refractivity contribution is -0.172. The Labute approximate surface area is 301 Å². The van der Waals surface area contributed by atoms with Crippen molar-refractivity contribution in [3.63, 3.8) is 0 Å². The zero-order valence-corrected chi connectivity index (χ0v) is 32.0. The number of rotatable bonds is 9. The van der Waals surface area contributed by atoms with Crippen molar-refractivity contribution < 1.29 is 24.3 Å². The second kappa shape index (κ2) is 13.4. The van der Waals surface area contributed by atoms with Crippen LogP contribution in [0.2, 0.25) is 0 Å². The van der Waals surface area contributed by atoms with Crippen molar-refractivity contribution in [2.45, 2.75) is 131 Å². The molecule has 0 radical (unpaired) electrons. The lowest BCUT2D eigenvalue weighted by Gasteiger charge is -2.67. The lowest BCUT2D eigenvalue weighted by Crippen LogP contribution is -2.60. The molecular weight excluding hydrogens is 624 g/mol. The SMILES string of the molecule is CC(C)C1=C2C3CCC4C(C)(CCC5C(C)C(CC(=O)C6CC(C(=O)O)C6C)CCC54C)C3CCC2(CCNC(=O)C2CCNCC2)CC1=O. The van der Waals surface area contributed by atoms with Gasteiger partial charge in [-0.1, -0.05) is 47.1 Å². The Morgan fingerprint density at radius 2 is 1.56 bits per heavy atom. The molecule has 1 aliphatic heterocycles. The molecule has 12 atom stereocenters. The highest BCUT2D eigenvalue weighted by molar-refractivity contribution is 6.00. The van der Waals surface area contributed by atoms with E-state index in [0.717, 1.165) is 50.8 Å². The van der Waals surface area contributed by atoms with Crippen molar-refractivity contribution in [3.8, 4) is 0 Å². The van der Waals surface area contributed by atoms with Crippen LogP contribution in [-0.4, -0.2) is 48.2 Å². The standard InChI is InChI=1S/C43H66N2O5/c1-24(2)37-35(47)23-43(17-20-45-39(48)27-12-18-44-19-13-27)16-11-33-29(38(37)43)7-8-36-41(5)14-9-28(25(3)32(41)10-15-42(33,36)6)21-34(46)30-22-31(26(30)4)40(49)50/h24-33,36,44H,7-23H2,1-6H3,(H,45,48)(H,49,50). The van der Waals surface area contributed by atoms with E-state index in [1.54, 1.807) is 0 Å². The molecule has 5 saturated carbocycles. The van der Waals surface area contributed by atoms with Crippen LogP contribution in [0.5, 0.6) is 0 Å². The number of ketones is 2. The van der Waals surface area contributed by atoms with Crippen LogP contribution in [0.3, 0.4) is 0 Å². The molecule has 1 amide bonds. The minimum Gasteiger partial charge on any atom is -0.481 e. The van der Waals surface area contributed by atoms with Crippen molar-refractivity contribution in [2.75, 3.05) is 19.6 Å². The number of piperidine rings is 1. The predicted octanol–water partition coefficient (Wildman–Crippen LogP) is 7.63. The predicted molar refractivity (Wildman–Crippen MR) is 195 cm³/mol. The van der Waals surface area contributed by atoms with E-state index in [1.165, 1.54) is 44.1 Å². The normalized spacial score (nSPS) is 44.5. The van der Waals surface area contributed by atoms with Crippen LogP contribution in [0.1, 0.15) is 131 Å². The molecule has 278 valence electrons. The lowest BCUT2D eigenvalue weighted by atomic mass is 9.37. The third kappa shape index (κ3) is 5.77. The van der Waals surface area contributed by atoms with E-state index >= 15 is 0 Å². The number of carboxylic acid groups (broad SMARTS) is 1. The second-order valence-corrected chi connectivity index (χ2v) is 19.4. The van der Waals surface area contributed by atoms with Gasteiger partial charge < -0.3 is 15.7 Å². The molecule has 1 heterocycles. The smallest absolute Gasteiger partial charge is 0.306 e. The molecule has 0 bridgehead atoms. The molecule has 7 aliphatic rings. The average Bonchev–Trinajstić information content (AvgIpc) is 3.37. The van der Waals surface area contributed by atoms with Crippen LogP contribution in [-0.2, 0) is 19.2 Å².